The highest BCUT2D eigenvalue weighted by Gasteiger charge is 2.21. The van der Waals surface area contributed by atoms with Crippen molar-refractivity contribution >= 4 is 5.96 Å². The molecule has 3 rings (SSSR count). The number of likely N-dealkylation sites (tertiary alicyclic amines) is 1. The zero-order valence-electron chi connectivity index (χ0n) is 18.6. The highest BCUT2D eigenvalue weighted by Crippen LogP contribution is 2.13. The van der Waals surface area contributed by atoms with Gasteiger partial charge in [0.2, 0.25) is 0 Å². The van der Waals surface area contributed by atoms with E-state index in [0.717, 1.165) is 38.4 Å². The Balaban J connectivity index is 1.38. The summed E-state index contributed by atoms with van der Waals surface area (Å²) < 4.78 is 5.82. The predicted octanol–water partition coefficient (Wildman–Crippen LogP) is 3.94. The van der Waals surface area contributed by atoms with Crippen LogP contribution >= 0.6 is 0 Å². The molecule has 162 valence electrons. The molecule has 1 fully saturated rings. The van der Waals surface area contributed by atoms with Crippen molar-refractivity contribution in [2.24, 2.45) is 4.99 Å². The molecule has 30 heavy (non-hydrogen) atoms. The third kappa shape index (κ3) is 7.15. The van der Waals surface area contributed by atoms with Crippen LogP contribution in [-0.4, -0.2) is 43.1 Å². The Hall–Kier alpha value is -2.37. The molecule has 1 aliphatic heterocycles. The summed E-state index contributed by atoms with van der Waals surface area (Å²) >= 11 is 0. The van der Waals surface area contributed by atoms with Gasteiger partial charge in [-0.1, -0.05) is 54.6 Å². The van der Waals surface area contributed by atoms with Crippen molar-refractivity contribution in [2.75, 3.05) is 20.1 Å². The minimum absolute atomic E-state index is 0.496. The van der Waals surface area contributed by atoms with E-state index >= 15 is 0 Å². The quantitative estimate of drug-likeness (QED) is 0.513. The summed E-state index contributed by atoms with van der Waals surface area (Å²) in [4.78, 5) is 6.94. The van der Waals surface area contributed by atoms with Crippen molar-refractivity contribution in [3.05, 3.63) is 71.3 Å². The van der Waals surface area contributed by atoms with Gasteiger partial charge in [-0.2, -0.15) is 0 Å². The average Bonchev–Trinajstić information content (AvgIpc) is 2.78. The first-order valence-electron chi connectivity index (χ1n) is 11.0. The number of aliphatic imine (C=N–C) groups is 1. The number of nitrogens with one attached hydrogen (secondary N) is 2. The smallest absolute Gasteiger partial charge is 0.191 e. The molecule has 1 heterocycles. The van der Waals surface area contributed by atoms with Gasteiger partial charge in [0.15, 0.2) is 5.96 Å². The van der Waals surface area contributed by atoms with Gasteiger partial charge in [-0.05, 0) is 43.4 Å². The van der Waals surface area contributed by atoms with E-state index in [1.54, 1.807) is 0 Å². The van der Waals surface area contributed by atoms with Gasteiger partial charge in [0.1, 0.15) is 0 Å². The zero-order valence-corrected chi connectivity index (χ0v) is 18.6. The van der Waals surface area contributed by atoms with E-state index < -0.39 is 0 Å². The molecule has 0 atom stereocenters. The van der Waals surface area contributed by atoms with Crippen LogP contribution in [0.1, 0.15) is 43.4 Å². The number of benzene rings is 2. The average molecular weight is 409 g/mol. The van der Waals surface area contributed by atoms with E-state index in [2.05, 4.69) is 70.8 Å². The largest absolute Gasteiger partial charge is 0.372 e. The highest BCUT2D eigenvalue weighted by molar-refractivity contribution is 5.79. The Morgan fingerprint density at radius 1 is 0.967 bits per heavy atom. The summed E-state index contributed by atoms with van der Waals surface area (Å²) in [5, 5.41) is 7.03. The topological polar surface area (TPSA) is 48.9 Å². The maximum atomic E-state index is 5.82. The normalized spacial score (nSPS) is 16.1. The maximum Gasteiger partial charge on any atom is 0.191 e. The van der Waals surface area contributed by atoms with Crippen LogP contribution in [0.25, 0.3) is 0 Å². The lowest BCUT2D eigenvalue weighted by Gasteiger charge is -2.35. The second-order valence-corrected chi connectivity index (χ2v) is 8.27. The molecule has 0 aromatic heterocycles. The fraction of sp³-hybridized carbons (Fsp3) is 0.480. The summed E-state index contributed by atoms with van der Waals surface area (Å²) in [6, 6.07) is 20.0. The molecule has 0 unspecified atom stereocenters. The molecule has 2 N–H and O–H groups in total. The van der Waals surface area contributed by atoms with Crippen LogP contribution in [0.5, 0.6) is 0 Å². The standard InChI is InChI=1S/C25H36N4O/c1-20(2)29-15-13-24(14-16-29)28-25(26-3)27-17-21-9-11-23(12-10-21)19-30-18-22-7-5-4-6-8-22/h4-12,20,24H,13-19H2,1-3H3,(H2,26,27,28). The third-order valence-electron chi connectivity index (χ3n) is 5.69. The molecular formula is C25H36N4O. The Morgan fingerprint density at radius 2 is 1.57 bits per heavy atom. The van der Waals surface area contributed by atoms with E-state index in [0.29, 0.717) is 25.3 Å². The molecule has 1 saturated heterocycles. The van der Waals surface area contributed by atoms with Crippen LogP contribution in [0.4, 0.5) is 0 Å². The van der Waals surface area contributed by atoms with Crippen molar-refractivity contribution in [3.63, 3.8) is 0 Å². The predicted molar refractivity (Wildman–Crippen MR) is 124 cm³/mol. The molecule has 0 radical (unpaired) electrons. The second kappa shape index (κ2) is 11.7. The van der Waals surface area contributed by atoms with Crippen LogP contribution in [-0.2, 0) is 24.5 Å². The van der Waals surface area contributed by atoms with Crippen LogP contribution in [0.15, 0.2) is 59.6 Å². The first kappa shape index (κ1) is 22.3. The number of hydrogen-bond donors (Lipinski definition) is 2. The Morgan fingerprint density at radius 3 is 2.17 bits per heavy atom. The van der Waals surface area contributed by atoms with Gasteiger partial charge in [0.05, 0.1) is 13.2 Å². The van der Waals surface area contributed by atoms with Gasteiger partial charge >= 0.3 is 0 Å². The van der Waals surface area contributed by atoms with Crippen molar-refractivity contribution in [1.29, 1.82) is 0 Å². The van der Waals surface area contributed by atoms with Crippen molar-refractivity contribution < 1.29 is 4.74 Å². The molecule has 5 heteroatoms. The minimum Gasteiger partial charge on any atom is -0.372 e. The first-order chi connectivity index (χ1) is 14.6. The van der Waals surface area contributed by atoms with Crippen molar-refractivity contribution in [3.8, 4) is 0 Å². The Labute approximate surface area is 181 Å². The van der Waals surface area contributed by atoms with Gasteiger partial charge in [-0.15, -0.1) is 0 Å². The van der Waals surface area contributed by atoms with Gasteiger partial charge in [-0.3, -0.25) is 4.99 Å². The maximum absolute atomic E-state index is 5.82. The fourth-order valence-electron chi connectivity index (χ4n) is 3.75. The summed E-state index contributed by atoms with van der Waals surface area (Å²) in [6.45, 7) is 8.88. The number of rotatable bonds is 8. The van der Waals surface area contributed by atoms with E-state index in [4.69, 9.17) is 4.74 Å². The first-order valence-corrected chi connectivity index (χ1v) is 11.0. The van der Waals surface area contributed by atoms with Crippen LogP contribution in [0.2, 0.25) is 0 Å². The van der Waals surface area contributed by atoms with E-state index in [1.807, 2.05) is 25.2 Å². The summed E-state index contributed by atoms with van der Waals surface area (Å²) in [7, 11) is 1.84. The molecule has 2 aromatic carbocycles. The number of hydrogen-bond acceptors (Lipinski definition) is 3. The van der Waals surface area contributed by atoms with Crippen molar-refractivity contribution in [1.82, 2.24) is 15.5 Å². The summed E-state index contributed by atoms with van der Waals surface area (Å²) in [5.74, 6) is 0.883. The molecule has 0 spiro atoms. The summed E-state index contributed by atoms with van der Waals surface area (Å²) in [5.41, 5.74) is 3.63. The minimum atomic E-state index is 0.496. The molecule has 0 aliphatic carbocycles. The summed E-state index contributed by atoms with van der Waals surface area (Å²) in [6.07, 6.45) is 2.33. The number of piperidine rings is 1. The fourth-order valence-corrected chi connectivity index (χ4v) is 3.75. The molecular weight excluding hydrogens is 372 g/mol. The van der Waals surface area contributed by atoms with Gasteiger partial charge in [-0.25, -0.2) is 0 Å². The molecule has 0 amide bonds. The van der Waals surface area contributed by atoms with Gasteiger partial charge in [0, 0.05) is 38.8 Å². The lowest BCUT2D eigenvalue weighted by molar-refractivity contribution is 0.107. The number of nitrogens with zero attached hydrogens (tertiary/aromatic N) is 2. The molecule has 0 saturated carbocycles. The van der Waals surface area contributed by atoms with Crippen LogP contribution in [0, 0.1) is 0 Å². The van der Waals surface area contributed by atoms with Crippen molar-refractivity contribution in [2.45, 2.75) is 58.5 Å². The lowest BCUT2D eigenvalue weighted by atomic mass is 10.0. The van der Waals surface area contributed by atoms with Gasteiger partial charge in [0.25, 0.3) is 0 Å². The second-order valence-electron chi connectivity index (χ2n) is 8.27. The Kier molecular flexibility index (Phi) is 8.72. The van der Waals surface area contributed by atoms with Crippen LogP contribution < -0.4 is 10.6 Å². The molecule has 2 aromatic rings. The number of guanidine groups is 1. The lowest BCUT2D eigenvalue weighted by Crippen LogP contribution is -2.49. The number of ether oxygens (including phenoxy) is 1. The molecule has 5 nitrogen and oxygen atoms in total. The monoisotopic (exact) mass is 408 g/mol. The highest BCUT2D eigenvalue weighted by atomic mass is 16.5. The molecule has 0 bridgehead atoms. The zero-order chi connectivity index (χ0) is 21.2. The van der Waals surface area contributed by atoms with Crippen LogP contribution in [0.3, 0.4) is 0 Å². The SMILES string of the molecule is CN=C(NCc1ccc(COCc2ccccc2)cc1)NC1CCN(C(C)C)CC1. The van der Waals surface area contributed by atoms with E-state index in [-0.39, 0.29) is 0 Å². The van der Waals surface area contributed by atoms with E-state index in [1.165, 1.54) is 16.7 Å². The Bertz CT molecular complexity index is 765. The third-order valence-corrected chi connectivity index (χ3v) is 5.69. The van der Waals surface area contributed by atoms with E-state index in [9.17, 15) is 0 Å². The molecule has 1 aliphatic rings. The van der Waals surface area contributed by atoms with Gasteiger partial charge < -0.3 is 20.3 Å².